The van der Waals surface area contributed by atoms with E-state index in [0.29, 0.717) is 11.3 Å². The van der Waals surface area contributed by atoms with E-state index >= 15 is 0 Å². The number of Topliss-reactive ketones (excluding diaryl/α,β-unsaturated/α-hetero) is 1. The van der Waals surface area contributed by atoms with Gasteiger partial charge in [0, 0.05) is 35.0 Å². The van der Waals surface area contributed by atoms with Crippen molar-refractivity contribution in [2.24, 2.45) is 0 Å². The summed E-state index contributed by atoms with van der Waals surface area (Å²) in [6.45, 7) is 3.23. The maximum atomic E-state index is 13.1. The predicted molar refractivity (Wildman–Crippen MR) is 91.8 cm³/mol. The van der Waals surface area contributed by atoms with Crippen molar-refractivity contribution in [2.45, 2.75) is 13.8 Å². The molecule has 132 valence electrons. The number of hydrogen-bond donors (Lipinski definition) is 0. The van der Waals surface area contributed by atoms with Gasteiger partial charge in [-0.15, -0.1) is 0 Å². The first-order chi connectivity index (χ1) is 12.5. The van der Waals surface area contributed by atoms with Crippen LogP contribution in [0.1, 0.15) is 32.2 Å². The molecule has 0 bridgehead atoms. The number of hydrogen-bond acceptors (Lipinski definition) is 5. The lowest BCUT2D eigenvalue weighted by Gasteiger charge is -2.10. The Kier molecular flexibility index (Phi) is 4.88. The topological polar surface area (TPSA) is 74.1 Å². The molecule has 0 saturated carbocycles. The number of aryl methyl sites for hydroxylation is 1. The minimum atomic E-state index is -0.709. The fourth-order valence-electron chi connectivity index (χ4n) is 2.72. The average Bonchev–Trinajstić information content (AvgIpc) is 2.95. The van der Waals surface area contributed by atoms with Crippen molar-refractivity contribution in [3.63, 3.8) is 0 Å². The minimum Gasteiger partial charge on any atom is -0.453 e. The van der Waals surface area contributed by atoms with Gasteiger partial charge in [-0.3, -0.25) is 9.78 Å². The first-order valence-corrected chi connectivity index (χ1v) is 7.88. The Morgan fingerprint density at radius 2 is 1.88 bits per heavy atom. The molecule has 3 aromatic rings. The summed E-state index contributed by atoms with van der Waals surface area (Å²) in [5, 5.41) is 0. The second-order valence-electron chi connectivity index (χ2n) is 5.69. The number of rotatable bonds is 5. The molecule has 0 aliphatic rings. The average molecular weight is 353 g/mol. The number of ether oxygens (including phenoxy) is 1. The highest BCUT2D eigenvalue weighted by molar-refractivity contribution is 6.00. The Balaban J connectivity index is 1.77. The molecule has 0 saturated heterocycles. The van der Waals surface area contributed by atoms with Gasteiger partial charge < -0.3 is 9.30 Å². The first kappa shape index (κ1) is 17.5. The number of carbonyl (C=O) groups excluding carboxylic acids is 2. The monoisotopic (exact) mass is 353 g/mol. The summed E-state index contributed by atoms with van der Waals surface area (Å²) in [4.78, 5) is 31.9. The number of nitrogens with zero attached hydrogens (tertiary/aromatic N) is 3. The third-order valence-corrected chi connectivity index (χ3v) is 3.92. The lowest BCUT2D eigenvalue weighted by Crippen LogP contribution is -2.16. The van der Waals surface area contributed by atoms with Crippen LogP contribution in [0.5, 0.6) is 0 Å². The van der Waals surface area contributed by atoms with Gasteiger partial charge in [-0.05, 0) is 44.2 Å². The number of benzene rings is 1. The lowest BCUT2D eigenvalue weighted by molar-refractivity contribution is 0.0468. The van der Waals surface area contributed by atoms with Gasteiger partial charge in [-0.2, -0.15) is 0 Å². The van der Waals surface area contributed by atoms with E-state index in [2.05, 4.69) is 9.97 Å². The molecular formula is C19H16FN3O3. The second-order valence-corrected chi connectivity index (χ2v) is 5.69. The highest BCUT2D eigenvalue weighted by atomic mass is 19.1. The zero-order valence-corrected chi connectivity index (χ0v) is 14.3. The Hall–Kier alpha value is -3.35. The third kappa shape index (κ3) is 3.51. The fourth-order valence-corrected chi connectivity index (χ4v) is 2.72. The summed E-state index contributed by atoms with van der Waals surface area (Å²) >= 11 is 0. The number of ketones is 1. The summed E-state index contributed by atoms with van der Waals surface area (Å²) in [6, 6.07) is 7.71. The van der Waals surface area contributed by atoms with Gasteiger partial charge in [0.05, 0.1) is 6.20 Å². The molecule has 26 heavy (non-hydrogen) atoms. The van der Waals surface area contributed by atoms with Gasteiger partial charge in [0.25, 0.3) is 0 Å². The van der Waals surface area contributed by atoms with Crippen molar-refractivity contribution in [1.82, 2.24) is 14.5 Å². The fraction of sp³-hybridized carbons (Fsp3) is 0.158. The molecule has 1 aromatic carbocycles. The SMILES string of the molecule is Cc1cc(C(=O)COC(=O)c2cnccn2)c(C)n1-c1ccc(F)cc1. The lowest BCUT2D eigenvalue weighted by atomic mass is 10.1. The molecule has 0 aliphatic heterocycles. The molecule has 0 spiro atoms. The number of esters is 1. The Bertz CT molecular complexity index is 950. The Morgan fingerprint density at radius 3 is 2.54 bits per heavy atom. The van der Waals surface area contributed by atoms with Crippen LogP contribution in [-0.2, 0) is 4.74 Å². The summed E-state index contributed by atoms with van der Waals surface area (Å²) in [5.74, 6) is -1.37. The maximum Gasteiger partial charge on any atom is 0.358 e. The van der Waals surface area contributed by atoms with Gasteiger partial charge in [-0.25, -0.2) is 14.2 Å². The maximum absolute atomic E-state index is 13.1. The summed E-state index contributed by atoms with van der Waals surface area (Å²) < 4.78 is 20.0. The standard InChI is InChI=1S/C19H16FN3O3/c1-12-9-16(13(2)23(12)15-5-3-14(20)4-6-15)18(24)11-26-19(25)17-10-21-7-8-22-17/h3-10H,11H2,1-2H3. The van der Waals surface area contributed by atoms with Crippen LogP contribution in [0.3, 0.4) is 0 Å². The van der Waals surface area contributed by atoms with Crippen molar-refractivity contribution >= 4 is 11.8 Å². The quantitative estimate of drug-likeness (QED) is 0.521. The van der Waals surface area contributed by atoms with Crippen LogP contribution in [0.25, 0.3) is 5.69 Å². The Labute approximate surface area is 149 Å². The summed E-state index contributed by atoms with van der Waals surface area (Å²) in [7, 11) is 0. The highest BCUT2D eigenvalue weighted by Crippen LogP contribution is 2.21. The van der Waals surface area contributed by atoms with Crippen LogP contribution in [0.4, 0.5) is 4.39 Å². The molecule has 0 fully saturated rings. The first-order valence-electron chi connectivity index (χ1n) is 7.88. The van der Waals surface area contributed by atoms with E-state index in [4.69, 9.17) is 4.74 Å². The van der Waals surface area contributed by atoms with E-state index in [1.807, 2.05) is 11.5 Å². The van der Waals surface area contributed by atoms with E-state index in [-0.39, 0.29) is 17.3 Å². The van der Waals surface area contributed by atoms with Crippen molar-refractivity contribution in [2.75, 3.05) is 6.61 Å². The van der Waals surface area contributed by atoms with Crippen molar-refractivity contribution in [3.8, 4) is 5.69 Å². The minimum absolute atomic E-state index is 0.0390. The molecule has 2 heterocycles. The molecule has 0 atom stereocenters. The van der Waals surface area contributed by atoms with Gasteiger partial charge >= 0.3 is 5.97 Å². The van der Waals surface area contributed by atoms with E-state index < -0.39 is 12.6 Å². The van der Waals surface area contributed by atoms with Gasteiger partial charge in [-0.1, -0.05) is 0 Å². The van der Waals surface area contributed by atoms with E-state index in [1.165, 1.54) is 30.7 Å². The van der Waals surface area contributed by atoms with Crippen LogP contribution in [-0.4, -0.2) is 32.9 Å². The van der Waals surface area contributed by atoms with Crippen molar-refractivity contribution < 1.29 is 18.7 Å². The van der Waals surface area contributed by atoms with Crippen molar-refractivity contribution in [3.05, 3.63) is 77.4 Å². The van der Waals surface area contributed by atoms with Crippen LogP contribution < -0.4 is 0 Å². The molecule has 0 unspecified atom stereocenters. The molecule has 0 amide bonds. The molecule has 0 aliphatic carbocycles. The number of carbonyl (C=O) groups is 2. The van der Waals surface area contributed by atoms with Crippen LogP contribution in [0.2, 0.25) is 0 Å². The van der Waals surface area contributed by atoms with E-state index in [1.54, 1.807) is 25.1 Å². The van der Waals surface area contributed by atoms with E-state index in [9.17, 15) is 14.0 Å². The Morgan fingerprint density at radius 1 is 1.15 bits per heavy atom. The molecule has 6 nitrogen and oxygen atoms in total. The smallest absolute Gasteiger partial charge is 0.358 e. The zero-order valence-electron chi connectivity index (χ0n) is 14.3. The third-order valence-electron chi connectivity index (χ3n) is 3.92. The highest BCUT2D eigenvalue weighted by Gasteiger charge is 2.19. The summed E-state index contributed by atoms with van der Waals surface area (Å²) in [5.41, 5.74) is 2.74. The summed E-state index contributed by atoms with van der Waals surface area (Å²) in [6.07, 6.45) is 4.08. The molecule has 2 aromatic heterocycles. The van der Waals surface area contributed by atoms with E-state index in [0.717, 1.165) is 11.4 Å². The molecule has 3 rings (SSSR count). The molecule has 7 heteroatoms. The van der Waals surface area contributed by atoms with Gasteiger partial charge in [0.2, 0.25) is 5.78 Å². The number of aromatic nitrogens is 3. The number of halogens is 1. The molecule has 0 N–H and O–H groups in total. The van der Waals surface area contributed by atoms with Gasteiger partial charge in [0.15, 0.2) is 12.3 Å². The van der Waals surface area contributed by atoms with Gasteiger partial charge in [0.1, 0.15) is 5.82 Å². The van der Waals surface area contributed by atoms with Crippen LogP contribution >= 0.6 is 0 Å². The second kappa shape index (κ2) is 7.26. The predicted octanol–water partition coefficient (Wildman–Crippen LogP) is 3.06. The molecular weight excluding hydrogens is 337 g/mol. The zero-order chi connectivity index (χ0) is 18.7. The van der Waals surface area contributed by atoms with Crippen molar-refractivity contribution in [1.29, 1.82) is 0 Å². The van der Waals surface area contributed by atoms with Crippen LogP contribution in [0.15, 0.2) is 48.9 Å². The largest absolute Gasteiger partial charge is 0.453 e. The molecule has 0 radical (unpaired) electrons. The normalized spacial score (nSPS) is 10.6. The van der Waals surface area contributed by atoms with Crippen LogP contribution in [0, 0.1) is 19.7 Å².